The van der Waals surface area contributed by atoms with Crippen LogP contribution in [0.1, 0.15) is 0 Å². The van der Waals surface area contributed by atoms with Crippen LogP contribution in [0, 0.1) is 10.1 Å². The number of nitro benzene ring substituents is 1. The molecule has 1 N–H and O–H groups in total. The molecule has 0 saturated heterocycles. The van der Waals surface area contributed by atoms with E-state index in [1.54, 1.807) is 6.07 Å². The number of nitro groups is 1. The van der Waals surface area contributed by atoms with Crippen molar-refractivity contribution < 1.29 is 9.72 Å². The number of nitrogens with zero attached hydrogens (tertiary/aromatic N) is 3. The molecule has 0 aliphatic carbocycles. The highest BCUT2D eigenvalue weighted by atomic mass is 35.5. The predicted molar refractivity (Wildman–Crippen MR) is 99.9 cm³/mol. The van der Waals surface area contributed by atoms with Gasteiger partial charge in [0.1, 0.15) is 0 Å². The van der Waals surface area contributed by atoms with E-state index in [9.17, 15) is 14.9 Å². The number of thioether (sulfide) groups is 1. The summed E-state index contributed by atoms with van der Waals surface area (Å²) in [7, 11) is 0. The molecule has 0 fully saturated rings. The summed E-state index contributed by atoms with van der Waals surface area (Å²) in [5.41, 5.74) is 0.662. The third-order valence-electron chi connectivity index (χ3n) is 2.96. The van der Waals surface area contributed by atoms with E-state index in [0.717, 1.165) is 0 Å². The molecule has 1 aromatic carbocycles. The van der Waals surface area contributed by atoms with Gasteiger partial charge in [0.2, 0.25) is 5.91 Å². The Bertz CT molecular complexity index is 980. The number of hydrogen-bond acceptors (Lipinski definition) is 7. The van der Waals surface area contributed by atoms with E-state index < -0.39 is 4.92 Å². The number of carbonyl (C=O) groups excluding carboxylic acids is 1. The summed E-state index contributed by atoms with van der Waals surface area (Å²) in [4.78, 5) is 30.6. The molecule has 3 rings (SSSR count). The van der Waals surface area contributed by atoms with E-state index in [2.05, 4.69) is 15.3 Å². The molecule has 0 aliphatic rings. The lowest BCUT2D eigenvalue weighted by molar-refractivity contribution is -0.384. The molecule has 2 aromatic heterocycles. The van der Waals surface area contributed by atoms with E-state index in [-0.39, 0.29) is 28.2 Å². The Labute approximate surface area is 159 Å². The van der Waals surface area contributed by atoms with Gasteiger partial charge in [0.15, 0.2) is 10.2 Å². The number of non-ortho nitro benzene ring substituents is 1. The highest BCUT2D eigenvalue weighted by molar-refractivity contribution is 8.01. The van der Waals surface area contributed by atoms with Gasteiger partial charge in [0.25, 0.3) is 5.69 Å². The van der Waals surface area contributed by atoms with Crippen LogP contribution in [0.5, 0.6) is 0 Å². The fraction of sp³-hybridized carbons (Fsp3) is 0.0714. The Morgan fingerprint density at radius 1 is 1.36 bits per heavy atom. The Balaban J connectivity index is 1.65. The number of anilines is 1. The summed E-state index contributed by atoms with van der Waals surface area (Å²) >= 11 is 14.2. The van der Waals surface area contributed by atoms with Crippen LogP contribution in [-0.2, 0) is 4.79 Å². The number of aromatic nitrogens is 2. The second-order valence-electron chi connectivity index (χ2n) is 4.71. The van der Waals surface area contributed by atoms with Crippen LogP contribution in [0.25, 0.3) is 10.2 Å². The minimum Gasteiger partial charge on any atom is -0.309 e. The number of hydrogen-bond donors (Lipinski definition) is 1. The van der Waals surface area contributed by atoms with E-state index >= 15 is 0 Å². The van der Waals surface area contributed by atoms with Crippen molar-refractivity contribution in [1.29, 1.82) is 0 Å². The van der Waals surface area contributed by atoms with Crippen molar-refractivity contribution in [3.8, 4) is 0 Å². The van der Waals surface area contributed by atoms with Gasteiger partial charge in [-0.3, -0.25) is 14.9 Å². The first-order valence-corrected chi connectivity index (χ1v) is 9.27. The maximum Gasteiger partial charge on any atom is 0.270 e. The smallest absolute Gasteiger partial charge is 0.270 e. The molecular weight excluding hydrogens is 407 g/mol. The van der Waals surface area contributed by atoms with Gasteiger partial charge in [-0.2, -0.15) is 0 Å². The number of amides is 1. The van der Waals surface area contributed by atoms with E-state index in [4.69, 9.17) is 23.2 Å². The number of halogens is 2. The average Bonchev–Trinajstić information content (AvgIpc) is 2.97. The fourth-order valence-electron chi connectivity index (χ4n) is 1.87. The Kier molecular flexibility index (Phi) is 5.38. The highest BCUT2D eigenvalue weighted by Gasteiger charge is 2.13. The summed E-state index contributed by atoms with van der Waals surface area (Å²) in [6.07, 6.45) is 1.39. The first-order valence-electron chi connectivity index (χ1n) is 6.71. The van der Waals surface area contributed by atoms with E-state index in [1.807, 2.05) is 0 Å². The lowest BCUT2D eigenvalue weighted by Gasteiger charge is -2.05. The molecule has 0 aliphatic heterocycles. The van der Waals surface area contributed by atoms with Crippen molar-refractivity contribution in [2.45, 2.75) is 4.34 Å². The molecule has 128 valence electrons. The number of pyridine rings is 1. The van der Waals surface area contributed by atoms with Gasteiger partial charge in [-0.1, -0.05) is 35.0 Å². The fourth-order valence-corrected chi connectivity index (χ4v) is 4.20. The summed E-state index contributed by atoms with van der Waals surface area (Å²) in [6.45, 7) is 0. The number of carbonyl (C=O) groups is 1. The molecular formula is C14H8Cl2N4O3S2. The van der Waals surface area contributed by atoms with Gasteiger partial charge in [-0.15, -0.1) is 11.3 Å². The van der Waals surface area contributed by atoms with Crippen LogP contribution in [0.3, 0.4) is 0 Å². The van der Waals surface area contributed by atoms with Crippen LogP contribution in [0.15, 0.2) is 34.8 Å². The number of benzene rings is 1. The van der Waals surface area contributed by atoms with Crippen LogP contribution in [0.4, 0.5) is 11.5 Å². The quantitative estimate of drug-likeness (QED) is 0.371. The topological polar surface area (TPSA) is 98.0 Å². The van der Waals surface area contributed by atoms with Crippen LogP contribution >= 0.6 is 46.3 Å². The maximum atomic E-state index is 12.0. The molecule has 1 amide bonds. The van der Waals surface area contributed by atoms with Gasteiger partial charge in [0.05, 0.1) is 30.9 Å². The zero-order valence-electron chi connectivity index (χ0n) is 12.2. The third-order valence-corrected chi connectivity index (χ3v) is 5.61. The predicted octanol–water partition coefficient (Wildman–Crippen LogP) is 4.64. The zero-order valence-corrected chi connectivity index (χ0v) is 15.4. The summed E-state index contributed by atoms with van der Waals surface area (Å²) < 4.78 is 1.33. The summed E-state index contributed by atoms with van der Waals surface area (Å²) in [5, 5.41) is 14.0. The van der Waals surface area contributed by atoms with E-state index in [1.165, 1.54) is 47.5 Å². The second kappa shape index (κ2) is 7.52. The monoisotopic (exact) mass is 414 g/mol. The van der Waals surface area contributed by atoms with Gasteiger partial charge >= 0.3 is 0 Å². The largest absolute Gasteiger partial charge is 0.309 e. The van der Waals surface area contributed by atoms with Crippen molar-refractivity contribution in [3.63, 3.8) is 0 Å². The second-order valence-corrected chi connectivity index (χ2v) is 7.81. The summed E-state index contributed by atoms with van der Waals surface area (Å²) in [5.74, 6) is 0.0336. The van der Waals surface area contributed by atoms with Gasteiger partial charge in [-0.25, -0.2) is 9.97 Å². The van der Waals surface area contributed by atoms with Crippen LogP contribution in [0.2, 0.25) is 10.0 Å². The van der Waals surface area contributed by atoms with Crippen molar-refractivity contribution in [3.05, 3.63) is 50.6 Å². The third kappa shape index (κ3) is 4.37. The van der Waals surface area contributed by atoms with Crippen molar-refractivity contribution in [1.82, 2.24) is 9.97 Å². The molecule has 3 aromatic rings. The minimum absolute atomic E-state index is 0.00824. The Morgan fingerprint density at radius 2 is 2.16 bits per heavy atom. The Morgan fingerprint density at radius 3 is 2.88 bits per heavy atom. The molecule has 0 atom stereocenters. The standard InChI is InChI=1S/C14H8Cl2N4O3S2/c15-7-3-9(16)13(17-5-7)19-12(21)6-24-14-18-10-2-1-8(20(22)23)4-11(10)25-14/h1-5H,6H2,(H,17,19,21). The van der Waals surface area contributed by atoms with Gasteiger partial charge in [-0.05, 0) is 12.1 Å². The SMILES string of the molecule is O=C(CSc1nc2ccc([N+](=O)[O-])cc2s1)Nc1ncc(Cl)cc1Cl. The first kappa shape index (κ1) is 17.9. The van der Waals surface area contributed by atoms with Crippen LogP contribution in [-0.4, -0.2) is 26.6 Å². The van der Waals surface area contributed by atoms with E-state index in [0.29, 0.717) is 19.6 Å². The number of fused-ring (bicyclic) bond motifs is 1. The molecule has 0 spiro atoms. The molecule has 0 unspecified atom stereocenters. The molecule has 25 heavy (non-hydrogen) atoms. The van der Waals surface area contributed by atoms with Gasteiger partial charge in [0, 0.05) is 18.3 Å². The van der Waals surface area contributed by atoms with Gasteiger partial charge < -0.3 is 5.32 Å². The molecule has 11 heteroatoms. The average molecular weight is 415 g/mol. The zero-order chi connectivity index (χ0) is 18.0. The van der Waals surface area contributed by atoms with Crippen molar-refractivity contribution >= 4 is 73.9 Å². The Hall–Kier alpha value is -1.94. The lowest BCUT2D eigenvalue weighted by Crippen LogP contribution is -2.15. The molecule has 0 radical (unpaired) electrons. The minimum atomic E-state index is -0.456. The highest BCUT2D eigenvalue weighted by Crippen LogP contribution is 2.32. The lowest BCUT2D eigenvalue weighted by atomic mass is 10.3. The molecule has 0 saturated carbocycles. The first-order chi connectivity index (χ1) is 11.9. The normalized spacial score (nSPS) is 10.8. The maximum absolute atomic E-state index is 12.0. The number of thiazole rings is 1. The molecule has 0 bridgehead atoms. The molecule has 7 nitrogen and oxygen atoms in total. The van der Waals surface area contributed by atoms with Crippen LogP contribution < -0.4 is 5.32 Å². The summed E-state index contributed by atoms with van der Waals surface area (Å²) in [6, 6.07) is 5.94. The number of nitrogens with one attached hydrogen (secondary N) is 1. The van der Waals surface area contributed by atoms with Crippen molar-refractivity contribution in [2.75, 3.05) is 11.1 Å². The molecule has 2 heterocycles. The van der Waals surface area contributed by atoms with Crippen molar-refractivity contribution in [2.24, 2.45) is 0 Å². The number of rotatable bonds is 5.